The van der Waals surface area contributed by atoms with Crippen molar-refractivity contribution >= 4 is 11.7 Å². The molecule has 6 heteroatoms. The van der Waals surface area contributed by atoms with Gasteiger partial charge in [0.25, 0.3) is 0 Å². The maximum absolute atomic E-state index is 12.0. The Labute approximate surface area is 139 Å². The Morgan fingerprint density at radius 1 is 1.43 bits per heavy atom. The van der Waals surface area contributed by atoms with Crippen LogP contribution in [0.5, 0.6) is 0 Å². The summed E-state index contributed by atoms with van der Waals surface area (Å²) in [6.07, 6.45) is 8.98. The largest absolute Gasteiger partial charge is 0.330 e. The van der Waals surface area contributed by atoms with Gasteiger partial charge in [-0.1, -0.05) is 13.3 Å². The summed E-state index contributed by atoms with van der Waals surface area (Å²) in [5, 5.41) is 2.81. The third-order valence-electron chi connectivity index (χ3n) is 4.71. The molecule has 1 aromatic rings. The van der Waals surface area contributed by atoms with E-state index in [1.807, 2.05) is 13.1 Å². The molecule has 0 radical (unpaired) electrons. The average molecular weight is 321 g/mol. The molecular formula is C17H31N5O. The summed E-state index contributed by atoms with van der Waals surface area (Å²) >= 11 is 0. The minimum atomic E-state index is -0.465. The molecule has 2 rings (SSSR count). The van der Waals surface area contributed by atoms with Crippen molar-refractivity contribution in [3.05, 3.63) is 12.5 Å². The molecule has 0 bridgehead atoms. The van der Waals surface area contributed by atoms with E-state index in [1.165, 1.54) is 25.9 Å². The van der Waals surface area contributed by atoms with Crippen molar-refractivity contribution in [1.29, 1.82) is 0 Å². The Bertz CT molecular complexity index is 505. The van der Waals surface area contributed by atoms with Gasteiger partial charge in [-0.3, -0.25) is 4.79 Å². The van der Waals surface area contributed by atoms with Crippen LogP contribution < -0.4 is 11.1 Å². The monoisotopic (exact) mass is 321 g/mol. The first-order chi connectivity index (χ1) is 10.9. The molecule has 1 fully saturated rings. The van der Waals surface area contributed by atoms with Crippen LogP contribution >= 0.6 is 0 Å². The van der Waals surface area contributed by atoms with Crippen LogP contribution in [0.1, 0.15) is 52.9 Å². The molecule has 0 spiro atoms. The zero-order valence-corrected chi connectivity index (χ0v) is 14.7. The molecule has 1 aliphatic rings. The minimum Gasteiger partial charge on any atom is -0.330 e. The van der Waals surface area contributed by atoms with E-state index >= 15 is 0 Å². The number of carbonyl (C=O) groups excluding carboxylic acids is 1. The molecule has 1 atom stereocenters. The summed E-state index contributed by atoms with van der Waals surface area (Å²) in [7, 11) is 0. The smallest absolute Gasteiger partial charge is 0.242 e. The van der Waals surface area contributed by atoms with Crippen molar-refractivity contribution < 1.29 is 4.79 Å². The van der Waals surface area contributed by atoms with Gasteiger partial charge < -0.3 is 20.5 Å². The Balaban J connectivity index is 1.90. The molecule has 3 N–H and O–H groups in total. The standard InChI is InChI=1S/C17H31N5O/c1-4-7-14(18)16(23)20-15-12-22(13-19-15)17(2,3)8-11-21-9-5-6-10-21/h12-14H,4-11,18H2,1-3H3,(H,20,23). The van der Waals surface area contributed by atoms with E-state index in [-0.39, 0.29) is 11.4 Å². The summed E-state index contributed by atoms with van der Waals surface area (Å²) in [6, 6.07) is -0.465. The van der Waals surface area contributed by atoms with Crippen LogP contribution in [-0.4, -0.2) is 46.0 Å². The molecule has 1 aromatic heterocycles. The third kappa shape index (κ3) is 5.04. The first-order valence-electron chi connectivity index (χ1n) is 8.75. The van der Waals surface area contributed by atoms with E-state index in [1.54, 1.807) is 6.33 Å². The second-order valence-corrected chi connectivity index (χ2v) is 7.16. The molecule has 1 saturated heterocycles. The second kappa shape index (κ2) is 7.93. The van der Waals surface area contributed by atoms with Crippen LogP contribution in [0.4, 0.5) is 5.82 Å². The van der Waals surface area contributed by atoms with Crippen LogP contribution in [-0.2, 0) is 10.3 Å². The fraction of sp³-hybridized carbons (Fsp3) is 0.765. The SMILES string of the molecule is CCCC(N)C(=O)Nc1cn(C(C)(C)CCN2CCCC2)cn1. The molecule has 2 heterocycles. The van der Waals surface area contributed by atoms with Crippen LogP contribution in [0, 0.1) is 0 Å². The fourth-order valence-electron chi connectivity index (χ4n) is 2.95. The van der Waals surface area contributed by atoms with Gasteiger partial charge in [0.05, 0.1) is 12.4 Å². The molecule has 1 unspecified atom stereocenters. The number of nitrogens with two attached hydrogens (primary N) is 1. The molecule has 0 aliphatic carbocycles. The Morgan fingerprint density at radius 2 is 2.13 bits per heavy atom. The Kier molecular flexibility index (Phi) is 6.18. The fourth-order valence-corrected chi connectivity index (χ4v) is 2.95. The summed E-state index contributed by atoms with van der Waals surface area (Å²) in [4.78, 5) is 18.8. The van der Waals surface area contributed by atoms with Gasteiger partial charge >= 0.3 is 0 Å². The molecule has 1 aliphatic heterocycles. The minimum absolute atomic E-state index is 0.0237. The zero-order chi connectivity index (χ0) is 16.9. The van der Waals surface area contributed by atoms with Crippen molar-refractivity contribution in [3.8, 4) is 0 Å². The van der Waals surface area contributed by atoms with Crippen LogP contribution in [0.2, 0.25) is 0 Å². The van der Waals surface area contributed by atoms with E-state index < -0.39 is 6.04 Å². The van der Waals surface area contributed by atoms with Crippen molar-refractivity contribution in [1.82, 2.24) is 14.5 Å². The normalized spacial score (nSPS) is 17.4. The number of likely N-dealkylation sites (tertiary alicyclic amines) is 1. The van der Waals surface area contributed by atoms with Crippen molar-refractivity contribution in [3.63, 3.8) is 0 Å². The Morgan fingerprint density at radius 3 is 2.78 bits per heavy atom. The van der Waals surface area contributed by atoms with Gasteiger partial charge in [-0.25, -0.2) is 4.98 Å². The molecule has 6 nitrogen and oxygen atoms in total. The number of hydrogen-bond donors (Lipinski definition) is 2. The highest BCUT2D eigenvalue weighted by Gasteiger charge is 2.23. The first kappa shape index (κ1) is 17.9. The summed E-state index contributed by atoms with van der Waals surface area (Å²) < 4.78 is 2.09. The maximum Gasteiger partial charge on any atom is 0.242 e. The first-order valence-corrected chi connectivity index (χ1v) is 8.75. The number of imidazole rings is 1. The quantitative estimate of drug-likeness (QED) is 0.769. The predicted octanol–water partition coefficient (Wildman–Crippen LogP) is 2.17. The molecular weight excluding hydrogens is 290 g/mol. The van der Waals surface area contributed by atoms with E-state index in [9.17, 15) is 4.79 Å². The maximum atomic E-state index is 12.0. The average Bonchev–Trinajstić information content (AvgIpc) is 3.17. The highest BCUT2D eigenvalue weighted by Crippen LogP contribution is 2.23. The van der Waals surface area contributed by atoms with Gasteiger partial charge in [0, 0.05) is 18.3 Å². The highest BCUT2D eigenvalue weighted by atomic mass is 16.2. The number of carbonyl (C=O) groups is 1. The lowest BCUT2D eigenvalue weighted by Gasteiger charge is -2.28. The molecule has 130 valence electrons. The number of rotatable bonds is 8. The summed E-state index contributed by atoms with van der Waals surface area (Å²) in [5.74, 6) is 0.419. The summed E-state index contributed by atoms with van der Waals surface area (Å²) in [5.41, 5.74) is 5.81. The molecule has 0 saturated carbocycles. The van der Waals surface area contributed by atoms with Crippen molar-refractivity contribution in [2.45, 2.75) is 64.5 Å². The van der Waals surface area contributed by atoms with E-state index in [0.29, 0.717) is 12.2 Å². The predicted molar refractivity (Wildman–Crippen MR) is 93.4 cm³/mol. The van der Waals surface area contributed by atoms with Gasteiger partial charge in [-0.2, -0.15) is 0 Å². The summed E-state index contributed by atoms with van der Waals surface area (Å²) in [6.45, 7) is 9.98. The lowest BCUT2D eigenvalue weighted by atomic mass is 10.0. The number of nitrogens with zero attached hydrogens (tertiary/aromatic N) is 3. The number of nitrogens with one attached hydrogen (secondary N) is 1. The number of anilines is 1. The second-order valence-electron chi connectivity index (χ2n) is 7.16. The Hall–Kier alpha value is -1.40. The van der Waals surface area contributed by atoms with Crippen LogP contribution in [0.3, 0.4) is 0 Å². The third-order valence-corrected chi connectivity index (χ3v) is 4.71. The number of aromatic nitrogens is 2. The molecule has 1 amide bonds. The van der Waals surface area contributed by atoms with Crippen molar-refractivity contribution in [2.24, 2.45) is 5.73 Å². The van der Waals surface area contributed by atoms with E-state index in [2.05, 4.69) is 33.6 Å². The van der Waals surface area contributed by atoms with E-state index in [4.69, 9.17) is 5.73 Å². The lowest BCUT2D eigenvalue weighted by Crippen LogP contribution is -2.35. The van der Waals surface area contributed by atoms with E-state index in [0.717, 1.165) is 19.4 Å². The molecule has 0 aromatic carbocycles. The zero-order valence-electron chi connectivity index (χ0n) is 14.7. The van der Waals surface area contributed by atoms with Crippen molar-refractivity contribution in [2.75, 3.05) is 25.0 Å². The van der Waals surface area contributed by atoms with Gasteiger partial charge in [0.15, 0.2) is 5.82 Å². The van der Waals surface area contributed by atoms with Gasteiger partial charge in [0.1, 0.15) is 0 Å². The topological polar surface area (TPSA) is 76.2 Å². The van der Waals surface area contributed by atoms with Crippen LogP contribution in [0.15, 0.2) is 12.5 Å². The van der Waals surface area contributed by atoms with Gasteiger partial charge in [0.2, 0.25) is 5.91 Å². The lowest BCUT2D eigenvalue weighted by molar-refractivity contribution is -0.117. The van der Waals surface area contributed by atoms with Gasteiger partial charge in [-0.05, 0) is 52.6 Å². The number of hydrogen-bond acceptors (Lipinski definition) is 4. The number of amides is 1. The van der Waals surface area contributed by atoms with Gasteiger partial charge in [-0.15, -0.1) is 0 Å². The van der Waals surface area contributed by atoms with Crippen LogP contribution in [0.25, 0.3) is 0 Å². The molecule has 23 heavy (non-hydrogen) atoms. The highest BCUT2D eigenvalue weighted by molar-refractivity contribution is 5.93.